The van der Waals surface area contributed by atoms with E-state index in [1.54, 1.807) is 0 Å². The maximum absolute atomic E-state index is 13.7. The van der Waals surface area contributed by atoms with Crippen molar-refractivity contribution >= 4 is 5.97 Å². The van der Waals surface area contributed by atoms with Crippen molar-refractivity contribution in [3.8, 4) is 11.3 Å². The third-order valence-corrected chi connectivity index (χ3v) is 3.13. The monoisotopic (exact) mass is 312 g/mol. The van der Waals surface area contributed by atoms with Gasteiger partial charge in [-0.1, -0.05) is 6.92 Å². The molecular weight excluding hydrogens is 297 g/mol. The van der Waals surface area contributed by atoms with Gasteiger partial charge in [0.25, 0.3) is 6.43 Å². The van der Waals surface area contributed by atoms with Crippen LogP contribution in [-0.2, 0) is 11.3 Å². The van der Waals surface area contributed by atoms with Crippen molar-refractivity contribution in [1.29, 1.82) is 0 Å². The number of esters is 1. The highest BCUT2D eigenvalue weighted by Gasteiger charge is 2.21. The quantitative estimate of drug-likeness (QED) is 0.788. The molecule has 2 rings (SSSR count). The van der Waals surface area contributed by atoms with Gasteiger partial charge in [0.05, 0.1) is 30.1 Å². The van der Waals surface area contributed by atoms with E-state index in [2.05, 4.69) is 9.84 Å². The normalized spacial score (nSPS) is 11.0. The van der Waals surface area contributed by atoms with Crippen LogP contribution in [0.5, 0.6) is 0 Å². The second-order valence-corrected chi connectivity index (χ2v) is 4.69. The van der Waals surface area contributed by atoms with Gasteiger partial charge in [-0.05, 0) is 24.6 Å². The molecule has 0 spiro atoms. The van der Waals surface area contributed by atoms with E-state index >= 15 is 0 Å². The van der Waals surface area contributed by atoms with Crippen LogP contribution in [-0.4, -0.2) is 22.9 Å². The summed E-state index contributed by atoms with van der Waals surface area (Å²) in [6.45, 7) is 2.28. The summed E-state index contributed by atoms with van der Waals surface area (Å²) < 4.78 is 46.0. The molecule has 1 aromatic heterocycles. The van der Waals surface area contributed by atoms with Gasteiger partial charge in [0.1, 0.15) is 5.82 Å². The van der Waals surface area contributed by atoms with Crippen molar-refractivity contribution in [2.45, 2.75) is 26.3 Å². The number of rotatable bonds is 5. The summed E-state index contributed by atoms with van der Waals surface area (Å²) in [6.07, 6.45) is -1.00. The van der Waals surface area contributed by atoms with Gasteiger partial charge in [-0.15, -0.1) is 0 Å². The van der Waals surface area contributed by atoms with Gasteiger partial charge in [-0.2, -0.15) is 5.10 Å². The number of methoxy groups -OCH3 is 1. The highest BCUT2D eigenvalue weighted by molar-refractivity contribution is 5.91. The lowest BCUT2D eigenvalue weighted by Gasteiger charge is -2.10. The molecule has 0 unspecified atom stereocenters. The van der Waals surface area contributed by atoms with E-state index in [1.807, 2.05) is 6.92 Å². The first-order chi connectivity index (χ1) is 10.5. The number of benzene rings is 1. The number of hydrogen-bond donors (Lipinski definition) is 0. The third-order valence-electron chi connectivity index (χ3n) is 3.13. The molecule has 0 bridgehead atoms. The molecule has 0 amide bonds. The number of aryl methyl sites for hydroxylation is 1. The predicted molar refractivity (Wildman–Crippen MR) is 74.2 cm³/mol. The molecule has 0 aliphatic rings. The number of carbonyl (C=O) groups excluding carboxylic acids is 1. The largest absolute Gasteiger partial charge is 0.465 e. The second kappa shape index (κ2) is 6.64. The van der Waals surface area contributed by atoms with Gasteiger partial charge in [0.2, 0.25) is 0 Å². The Kier molecular flexibility index (Phi) is 4.85. The van der Waals surface area contributed by atoms with Crippen LogP contribution in [0.15, 0.2) is 24.4 Å². The van der Waals surface area contributed by atoms with Gasteiger partial charge >= 0.3 is 5.97 Å². The SMILES string of the molecule is CCCn1ncc(C(F)F)c1-c1cc(F)cc(C(=O)OC)c1. The fourth-order valence-corrected chi connectivity index (χ4v) is 2.22. The van der Waals surface area contributed by atoms with E-state index in [4.69, 9.17) is 0 Å². The van der Waals surface area contributed by atoms with E-state index in [9.17, 15) is 18.0 Å². The van der Waals surface area contributed by atoms with Crippen LogP contribution in [0.25, 0.3) is 11.3 Å². The predicted octanol–water partition coefficient (Wildman–Crippen LogP) is 3.82. The van der Waals surface area contributed by atoms with Crippen LogP contribution < -0.4 is 0 Å². The second-order valence-electron chi connectivity index (χ2n) is 4.69. The van der Waals surface area contributed by atoms with Gasteiger partial charge in [-0.25, -0.2) is 18.0 Å². The Labute approximate surface area is 125 Å². The van der Waals surface area contributed by atoms with Gasteiger partial charge in [0.15, 0.2) is 0 Å². The molecule has 1 heterocycles. The van der Waals surface area contributed by atoms with Gasteiger partial charge in [-0.3, -0.25) is 4.68 Å². The lowest BCUT2D eigenvalue weighted by atomic mass is 10.0. The van der Waals surface area contributed by atoms with Crippen LogP contribution in [0, 0.1) is 5.82 Å². The lowest BCUT2D eigenvalue weighted by molar-refractivity contribution is 0.0600. The van der Waals surface area contributed by atoms with Crippen LogP contribution in [0.4, 0.5) is 13.2 Å². The zero-order valence-corrected chi connectivity index (χ0v) is 12.1. The summed E-state index contributed by atoms with van der Waals surface area (Å²) in [5, 5.41) is 3.93. The van der Waals surface area contributed by atoms with Crippen molar-refractivity contribution in [3.63, 3.8) is 0 Å². The maximum Gasteiger partial charge on any atom is 0.337 e. The number of carbonyl (C=O) groups is 1. The number of halogens is 3. The molecular formula is C15H15F3N2O2. The van der Waals surface area contributed by atoms with E-state index in [0.717, 1.165) is 18.3 Å². The Hall–Kier alpha value is -2.31. The molecule has 0 fully saturated rings. The molecule has 1 aromatic carbocycles. The molecule has 0 aliphatic carbocycles. The van der Waals surface area contributed by atoms with Gasteiger partial charge in [0, 0.05) is 12.1 Å². The van der Waals surface area contributed by atoms with Crippen molar-refractivity contribution in [2.75, 3.05) is 7.11 Å². The molecule has 4 nitrogen and oxygen atoms in total. The minimum Gasteiger partial charge on any atom is -0.465 e. The third kappa shape index (κ3) is 3.13. The summed E-state index contributed by atoms with van der Waals surface area (Å²) in [5.41, 5.74) is -0.0556. The van der Waals surface area contributed by atoms with E-state index in [0.29, 0.717) is 13.0 Å². The molecule has 0 N–H and O–H groups in total. The van der Waals surface area contributed by atoms with Crippen molar-refractivity contribution in [3.05, 3.63) is 41.3 Å². The summed E-state index contributed by atoms with van der Waals surface area (Å²) in [7, 11) is 1.17. The van der Waals surface area contributed by atoms with Gasteiger partial charge < -0.3 is 4.74 Å². The molecule has 118 valence electrons. The zero-order valence-electron chi connectivity index (χ0n) is 12.1. The van der Waals surface area contributed by atoms with Crippen molar-refractivity contribution < 1.29 is 22.7 Å². The zero-order chi connectivity index (χ0) is 16.3. The fourth-order valence-electron chi connectivity index (χ4n) is 2.22. The van der Waals surface area contributed by atoms with Crippen LogP contribution in [0.1, 0.15) is 35.7 Å². The molecule has 0 atom stereocenters. The Morgan fingerprint density at radius 3 is 2.68 bits per heavy atom. The smallest absolute Gasteiger partial charge is 0.337 e. The van der Waals surface area contributed by atoms with E-state index in [1.165, 1.54) is 17.9 Å². The Balaban J connectivity index is 2.62. The molecule has 22 heavy (non-hydrogen) atoms. The van der Waals surface area contributed by atoms with Crippen LogP contribution in [0.3, 0.4) is 0 Å². The fraction of sp³-hybridized carbons (Fsp3) is 0.333. The Morgan fingerprint density at radius 1 is 1.36 bits per heavy atom. The highest BCUT2D eigenvalue weighted by Crippen LogP contribution is 2.32. The lowest BCUT2D eigenvalue weighted by Crippen LogP contribution is -2.05. The average molecular weight is 312 g/mol. The summed E-state index contributed by atoms with van der Waals surface area (Å²) in [4.78, 5) is 11.6. The van der Waals surface area contributed by atoms with Crippen molar-refractivity contribution in [1.82, 2.24) is 9.78 Å². The first kappa shape index (κ1) is 16.1. The Morgan fingerprint density at radius 2 is 2.09 bits per heavy atom. The molecule has 2 aromatic rings. The minimum atomic E-state index is -2.74. The number of ether oxygens (including phenoxy) is 1. The van der Waals surface area contributed by atoms with Crippen LogP contribution in [0.2, 0.25) is 0 Å². The average Bonchev–Trinajstić information content (AvgIpc) is 2.90. The standard InChI is InChI=1S/C15H15F3N2O2/c1-3-4-20-13(12(8-19-20)14(17)18)9-5-10(15(21)22-2)7-11(16)6-9/h5-8,14H,3-4H2,1-2H3. The minimum absolute atomic E-state index is 0.0398. The molecule has 7 heteroatoms. The first-order valence-corrected chi connectivity index (χ1v) is 6.71. The molecule has 0 aliphatic heterocycles. The maximum atomic E-state index is 13.7. The molecule has 0 radical (unpaired) electrons. The number of alkyl halides is 2. The van der Waals surface area contributed by atoms with E-state index in [-0.39, 0.29) is 22.4 Å². The number of aromatic nitrogens is 2. The summed E-state index contributed by atoms with van der Waals surface area (Å²) >= 11 is 0. The summed E-state index contributed by atoms with van der Waals surface area (Å²) in [6, 6.07) is 3.42. The van der Waals surface area contributed by atoms with Crippen LogP contribution >= 0.6 is 0 Å². The van der Waals surface area contributed by atoms with E-state index < -0.39 is 18.2 Å². The Bertz CT molecular complexity index is 683. The summed E-state index contributed by atoms with van der Waals surface area (Å²) in [5.74, 6) is -1.44. The molecule has 0 saturated heterocycles. The number of hydrogen-bond acceptors (Lipinski definition) is 3. The van der Waals surface area contributed by atoms with Crippen molar-refractivity contribution in [2.24, 2.45) is 0 Å². The first-order valence-electron chi connectivity index (χ1n) is 6.71. The number of nitrogens with zero attached hydrogens (tertiary/aromatic N) is 2. The molecule has 0 saturated carbocycles. The topological polar surface area (TPSA) is 44.1 Å². The highest BCUT2D eigenvalue weighted by atomic mass is 19.3.